The molecule has 2 aromatic rings. The van der Waals surface area contributed by atoms with E-state index in [1.165, 1.54) is 13.0 Å². The molecule has 2 aliphatic heterocycles. The van der Waals surface area contributed by atoms with Crippen LogP contribution in [-0.2, 0) is 21.2 Å². The maximum Gasteiger partial charge on any atom is 0.251 e. The SMILES string of the molecule is [2H]C([2H])([2H])C([2H])(O)C(=O)N1C2CC(C2)[C@H](NS(=O)(=O)CC)[C@@H]1Cc1cccc(-c2ccccc2)c1F. The number of hydrogen-bond acceptors (Lipinski definition) is 4. The van der Waals surface area contributed by atoms with E-state index in [2.05, 4.69) is 4.72 Å². The molecule has 1 amide bonds. The quantitative estimate of drug-likeness (QED) is 0.660. The predicted molar refractivity (Wildman–Crippen MR) is 121 cm³/mol. The minimum Gasteiger partial charge on any atom is -0.384 e. The van der Waals surface area contributed by atoms with Gasteiger partial charge in [0.25, 0.3) is 5.91 Å². The molecular formula is C24H29FN2O4S. The van der Waals surface area contributed by atoms with Crippen LogP contribution in [0.15, 0.2) is 48.5 Å². The third-order valence-electron chi connectivity index (χ3n) is 6.55. The molecule has 172 valence electrons. The van der Waals surface area contributed by atoms with Crippen molar-refractivity contribution in [2.75, 3.05) is 5.75 Å². The van der Waals surface area contributed by atoms with Gasteiger partial charge in [-0.15, -0.1) is 0 Å². The van der Waals surface area contributed by atoms with E-state index in [1.807, 2.05) is 0 Å². The number of nitrogens with zero attached hydrogens (tertiary/aromatic N) is 1. The molecule has 1 saturated carbocycles. The van der Waals surface area contributed by atoms with E-state index in [9.17, 15) is 18.3 Å². The van der Waals surface area contributed by atoms with Crippen LogP contribution in [0.5, 0.6) is 0 Å². The molecule has 1 aliphatic carbocycles. The molecule has 2 bridgehead atoms. The monoisotopic (exact) mass is 464 g/mol. The highest BCUT2D eigenvalue weighted by molar-refractivity contribution is 7.89. The summed E-state index contributed by atoms with van der Waals surface area (Å²) in [6.45, 7) is -1.86. The highest BCUT2D eigenvalue weighted by atomic mass is 32.2. The van der Waals surface area contributed by atoms with Gasteiger partial charge in [-0.1, -0.05) is 48.5 Å². The van der Waals surface area contributed by atoms with Gasteiger partial charge < -0.3 is 10.0 Å². The largest absolute Gasteiger partial charge is 0.384 e. The van der Waals surface area contributed by atoms with Gasteiger partial charge in [-0.2, -0.15) is 0 Å². The number of amides is 1. The first kappa shape index (κ1) is 18.2. The summed E-state index contributed by atoms with van der Waals surface area (Å²) in [6, 6.07) is 11.4. The molecule has 2 heterocycles. The van der Waals surface area contributed by atoms with E-state index in [4.69, 9.17) is 5.48 Å². The van der Waals surface area contributed by atoms with Crippen molar-refractivity contribution in [3.63, 3.8) is 0 Å². The van der Waals surface area contributed by atoms with E-state index in [-0.39, 0.29) is 23.7 Å². The average Bonchev–Trinajstić information content (AvgIpc) is 2.79. The topological polar surface area (TPSA) is 86.7 Å². The fourth-order valence-electron chi connectivity index (χ4n) is 4.84. The van der Waals surface area contributed by atoms with Gasteiger partial charge in [-0.3, -0.25) is 4.79 Å². The van der Waals surface area contributed by atoms with Gasteiger partial charge in [0, 0.05) is 21.8 Å². The average molecular weight is 465 g/mol. The summed E-state index contributed by atoms with van der Waals surface area (Å²) < 4.78 is 73.8. The molecule has 3 atom stereocenters. The number of rotatable bonds is 7. The number of carbonyl (C=O) groups is 1. The molecule has 6 nitrogen and oxygen atoms in total. The van der Waals surface area contributed by atoms with Crippen molar-refractivity contribution in [3.05, 3.63) is 59.9 Å². The minimum absolute atomic E-state index is 0.126. The third kappa shape index (κ3) is 4.31. The van der Waals surface area contributed by atoms with Crippen molar-refractivity contribution >= 4 is 15.9 Å². The Morgan fingerprint density at radius 2 is 2.00 bits per heavy atom. The van der Waals surface area contributed by atoms with Gasteiger partial charge in [-0.25, -0.2) is 17.5 Å². The fourth-order valence-corrected chi connectivity index (χ4v) is 5.77. The van der Waals surface area contributed by atoms with Crippen molar-refractivity contribution in [2.24, 2.45) is 5.92 Å². The van der Waals surface area contributed by atoms with Crippen molar-refractivity contribution in [2.45, 2.75) is 57.2 Å². The first-order chi connectivity index (χ1) is 16.8. The Hall–Kier alpha value is -2.29. The van der Waals surface area contributed by atoms with Gasteiger partial charge in [0.2, 0.25) is 10.0 Å². The van der Waals surface area contributed by atoms with Crippen molar-refractivity contribution in [3.8, 4) is 11.1 Å². The summed E-state index contributed by atoms with van der Waals surface area (Å²) in [6.07, 6.45) is -2.77. The summed E-state index contributed by atoms with van der Waals surface area (Å²) in [5.41, 5.74) is 1.18. The number of hydrogen-bond donors (Lipinski definition) is 2. The van der Waals surface area contributed by atoms with Crippen LogP contribution < -0.4 is 4.72 Å². The number of carbonyl (C=O) groups excluding carboxylic acids is 1. The van der Waals surface area contributed by atoms with E-state index >= 15 is 4.39 Å². The maximum absolute atomic E-state index is 15.7. The zero-order valence-electron chi connectivity index (χ0n) is 21.7. The van der Waals surface area contributed by atoms with Gasteiger partial charge in [0.15, 0.2) is 0 Å². The first-order valence-electron chi connectivity index (χ1n) is 12.6. The fraction of sp³-hybridized carbons (Fsp3) is 0.458. The number of halogens is 1. The Morgan fingerprint density at radius 3 is 2.66 bits per heavy atom. The molecule has 0 spiro atoms. The second-order valence-electron chi connectivity index (χ2n) is 8.41. The van der Waals surface area contributed by atoms with Crippen LogP contribution in [0, 0.1) is 11.7 Å². The Balaban J connectivity index is 1.76. The number of aliphatic hydroxyl groups is 1. The second-order valence-corrected chi connectivity index (χ2v) is 10.5. The van der Waals surface area contributed by atoms with Gasteiger partial charge in [0.1, 0.15) is 11.9 Å². The number of nitrogens with one attached hydrogen (secondary N) is 1. The van der Waals surface area contributed by atoms with Crippen LogP contribution in [0.3, 0.4) is 0 Å². The van der Waals surface area contributed by atoms with Gasteiger partial charge in [-0.05, 0) is 50.1 Å². The standard InChI is InChI=1S/C24H29FN2O4S/c1-3-32(30,31)26-23-18-12-19(13-18)27(24(29)15(2)28)21(23)14-17-10-7-11-20(22(17)25)16-8-5-4-6-9-16/h4-11,15,18-19,21,23,26,28H,3,12-14H2,1-2H3/t15?,18?,19?,21-,23-/m0/s1/i2D3,15D. The predicted octanol–water partition coefficient (Wildman–Crippen LogP) is 2.71. The zero-order valence-corrected chi connectivity index (χ0v) is 18.5. The molecule has 2 N–H and O–H groups in total. The number of piperidine rings is 2. The lowest BCUT2D eigenvalue weighted by atomic mass is 9.66. The lowest BCUT2D eigenvalue weighted by Gasteiger charge is -2.58. The van der Waals surface area contributed by atoms with Gasteiger partial charge in [0.05, 0.1) is 13.2 Å². The molecule has 32 heavy (non-hydrogen) atoms. The second kappa shape index (κ2) is 8.92. The van der Waals surface area contributed by atoms with E-state index in [0.717, 1.165) is 4.90 Å². The molecular weight excluding hydrogens is 431 g/mol. The summed E-state index contributed by atoms with van der Waals surface area (Å²) in [4.78, 5) is 14.4. The molecule has 2 saturated heterocycles. The lowest BCUT2D eigenvalue weighted by molar-refractivity contribution is -0.157. The van der Waals surface area contributed by atoms with Crippen LogP contribution in [-0.4, -0.2) is 54.3 Å². The molecule has 8 heteroatoms. The molecule has 1 unspecified atom stereocenters. The van der Waals surface area contributed by atoms with Crippen LogP contribution in [0.4, 0.5) is 4.39 Å². The lowest BCUT2D eigenvalue weighted by Crippen LogP contribution is -2.71. The van der Waals surface area contributed by atoms with Gasteiger partial charge >= 0.3 is 0 Å². The Kier molecular flexibility index (Phi) is 5.07. The molecule has 3 fully saturated rings. The number of benzene rings is 2. The number of sulfonamides is 1. The van der Waals surface area contributed by atoms with E-state index < -0.39 is 52.8 Å². The first-order valence-corrected chi connectivity index (χ1v) is 12.3. The molecule has 2 aromatic carbocycles. The highest BCUT2D eigenvalue weighted by Gasteiger charge is 2.53. The maximum atomic E-state index is 15.7. The van der Waals surface area contributed by atoms with Crippen LogP contribution in [0.25, 0.3) is 11.1 Å². The zero-order chi connectivity index (χ0) is 26.5. The summed E-state index contributed by atoms with van der Waals surface area (Å²) in [7, 11) is -3.73. The highest BCUT2D eigenvalue weighted by Crippen LogP contribution is 2.44. The molecule has 0 aromatic heterocycles. The molecule has 5 rings (SSSR count). The normalized spacial score (nSPS) is 29.0. The Labute approximate surface area is 194 Å². The summed E-state index contributed by atoms with van der Waals surface area (Å²) in [5.74, 6) is -2.23. The van der Waals surface area contributed by atoms with Crippen molar-refractivity contribution in [1.29, 1.82) is 0 Å². The Bertz CT molecular complexity index is 1230. The van der Waals surface area contributed by atoms with E-state index in [0.29, 0.717) is 24.0 Å². The summed E-state index contributed by atoms with van der Waals surface area (Å²) >= 11 is 0. The van der Waals surface area contributed by atoms with Crippen LogP contribution in [0.1, 0.15) is 37.7 Å². The summed E-state index contributed by atoms with van der Waals surface area (Å²) in [5, 5.41) is 10.4. The number of fused-ring (bicyclic) bond motifs is 2. The van der Waals surface area contributed by atoms with Crippen molar-refractivity contribution in [1.82, 2.24) is 9.62 Å². The van der Waals surface area contributed by atoms with E-state index in [1.54, 1.807) is 42.5 Å². The molecule has 3 aliphatic rings. The van der Waals surface area contributed by atoms with Crippen LogP contribution in [0.2, 0.25) is 0 Å². The van der Waals surface area contributed by atoms with Crippen molar-refractivity contribution < 1.29 is 28.2 Å². The molecule has 0 radical (unpaired) electrons. The minimum atomic E-state index is -3.73. The smallest absolute Gasteiger partial charge is 0.251 e. The van der Waals surface area contributed by atoms with Crippen LogP contribution >= 0.6 is 0 Å². The Morgan fingerprint density at radius 1 is 1.28 bits per heavy atom. The third-order valence-corrected chi connectivity index (χ3v) is 7.94.